The van der Waals surface area contributed by atoms with Crippen molar-refractivity contribution >= 4 is 9.28 Å². The molecule has 1 aliphatic carbocycles. The average Bonchev–Trinajstić information content (AvgIpc) is 2.39. The van der Waals surface area contributed by atoms with E-state index in [1.165, 1.54) is 12.8 Å². The highest BCUT2D eigenvalue weighted by Crippen LogP contribution is 2.47. The molecule has 0 aromatic heterocycles. The molecule has 0 heterocycles. The number of unbranched alkanes of at least 4 members (excludes halogenated alkanes) is 1. The number of allylic oxidation sites excluding steroid dienone is 3. The molecule has 0 aliphatic heterocycles. The monoisotopic (exact) mass is 268 g/mol. The van der Waals surface area contributed by atoms with Crippen LogP contribution in [0.15, 0.2) is 24.8 Å². The predicted molar refractivity (Wildman–Crippen MR) is 80.1 cm³/mol. The van der Waals surface area contributed by atoms with Gasteiger partial charge in [-0.2, -0.15) is 0 Å². The first kappa shape index (κ1) is 15.7. The largest absolute Gasteiger partial charge is 0.396 e. The molecule has 0 radical (unpaired) electrons. The molecule has 0 bridgehead atoms. The molecule has 0 aromatic carbocycles. The van der Waals surface area contributed by atoms with Crippen LogP contribution in [0.25, 0.3) is 0 Å². The second-order valence-electron chi connectivity index (χ2n) is 5.08. The lowest BCUT2D eigenvalue weighted by Crippen LogP contribution is -2.39. The van der Waals surface area contributed by atoms with Crippen molar-refractivity contribution in [3.8, 4) is 0 Å². The van der Waals surface area contributed by atoms with Gasteiger partial charge in [-0.1, -0.05) is 31.6 Å². The molecular formula is C15H28O2Si. The van der Waals surface area contributed by atoms with Gasteiger partial charge in [0.25, 0.3) is 0 Å². The summed E-state index contributed by atoms with van der Waals surface area (Å²) in [4.78, 5) is 0. The molecule has 0 amide bonds. The minimum Gasteiger partial charge on any atom is -0.396 e. The van der Waals surface area contributed by atoms with Gasteiger partial charge < -0.3 is 8.85 Å². The van der Waals surface area contributed by atoms with E-state index in [1.807, 2.05) is 6.08 Å². The molecule has 2 unspecified atom stereocenters. The summed E-state index contributed by atoms with van der Waals surface area (Å²) < 4.78 is 12.2. The lowest BCUT2D eigenvalue weighted by atomic mass is 9.90. The van der Waals surface area contributed by atoms with Crippen molar-refractivity contribution in [2.24, 2.45) is 0 Å². The molecule has 0 aromatic rings. The summed E-state index contributed by atoms with van der Waals surface area (Å²) in [5.41, 5.74) is 0. The maximum Gasteiger partial charge on any atom is 0.328 e. The summed E-state index contributed by atoms with van der Waals surface area (Å²) >= 11 is 0. The van der Waals surface area contributed by atoms with E-state index in [4.69, 9.17) is 8.85 Å². The normalized spacial score (nSPS) is 25.0. The topological polar surface area (TPSA) is 18.5 Å². The first-order chi connectivity index (χ1) is 8.79. The highest BCUT2D eigenvalue weighted by atomic mass is 28.3. The highest BCUT2D eigenvalue weighted by molar-refractivity contribution is 6.48. The van der Waals surface area contributed by atoms with Crippen LogP contribution in [0.2, 0.25) is 5.04 Å². The van der Waals surface area contributed by atoms with Crippen LogP contribution >= 0.6 is 0 Å². The molecule has 18 heavy (non-hydrogen) atoms. The SMILES string of the molecule is C=CCC1([SiH](OCC)OCCCC)CC=CCC1. The third kappa shape index (κ3) is 4.37. The molecule has 3 heteroatoms. The Bertz CT molecular complexity index is 265. The molecule has 1 aliphatic rings. The van der Waals surface area contributed by atoms with Crippen LogP contribution in [0.3, 0.4) is 0 Å². The van der Waals surface area contributed by atoms with Gasteiger partial charge >= 0.3 is 9.28 Å². The van der Waals surface area contributed by atoms with E-state index >= 15 is 0 Å². The van der Waals surface area contributed by atoms with E-state index in [9.17, 15) is 0 Å². The predicted octanol–water partition coefficient (Wildman–Crippen LogP) is 4.12. The van der Waals surface area contributed by atoms with Crippen LogP contribution < -0.4 is 0 Å². The van der Waals surface area contributed by atoms with Crippen molar-refractivity contribution in [1.29, 1.82) is 0 Å². The van der Waals surface area contributed by atoms with Crippen LogP contribution in [0.4, 0.5) is 0 Å². The van der Waals surface area contributed by atoms with Crippen molar-refractivity contribution in [3.05, 3.63) is 24.8 Å². The fourth-order valence-corrected chi connectivity index (χ4v) is 5.16. The van der Waals surface area contributed by atoms with Gasteiger partial charge in [0.2, 0.25) is 0 Å². The third-order valence-corrected chi connectivity index (χ3v) is 6.57. The van der Waals surface area contributed by atoms with Crippen LogP contribution in [0.5, 0.6) is 0 Å². The van der Waals surface area contributed by atoms with Gasteiger partial charge in [0, 0.05) is 18.3 Å². The Labute approximate surface area is 114 Å². The average molecular weight is 268 g/mol. The Morgan fingerprint density at radius 3 is 2.72 bits per heavy atom. The second-order valence-corrected chi connectivity index (χ2v) is 7.64. The third-order valence-electron chi connectivity index (χ3n) is 3.64. The van der Waals surface area contributed by atoms with Crippen molar-refractivity contribution in [2.75, 3.05) is 13.2 Å². The van der Waals surface area contributed by atoms with Gasteiger partial charge in [-0.25, -0.2) is 0 Å². The van der Waals surface area contributed by atoms with E-state index in [2.05, 4.69) is 32.6 Å². The van der Waals surface area contributed by atoms with Crippen molar-refractivity contribution in [2.45, 2.75) is 57.4 Å². The lowest BCUT2D eigenvalue weighted by molar-refractivity contribution is 0.169. The molecular weight excluding hydrogens is 240 g/mol. The molecule has 0 spiro atoms. The second kappa shape index (κ2) is 8.67. The van der Waals surface area contributed by atoms with E-state index in [-0.39, 0.29) is 5.04 Å². The zero-order valence-electron chi connectivity index (χ0n) is 12.0. The minimum atomic E-state index is -1.62. The molecule has 0 saturated heterocycles. The van der Waals surface area contributed by atoms with Crippen LogP contribution in [-0.2, 0) is 8.85 Å². The van der Waals surface area contributed by atoms with Crippen molar-refractivity contribution in [1.82, 2.24) is 0 Å². The first-order valence-corrected chi connectivity index (χ1v) is 8.80. The lowest BCUT2D eigenvalue weighted by Gasteiger charge is -2.39. The van der Waals surface area contributed by atoms with E-state index in [1.54, 1.807) is 0 Å². The smallest absolute Gasteiger partial charge is 0.328 e. The highest BCUT2D eigenvalue weighted by Gasteiger charge is 2.41. The number of hydrogen-bond acceptors (Lipinski definition) is 2. The zero-order valence-corrected chi connectivity index (χ0v) is 13.1. The van der Waals surface area contributed by atoms with Crippen LogP contribution in [-0.4, -0.2) is 22.5 Å². The zero-order chi connectivity index (χ0) is 13.3. The van der Waals surface area contributed by atoms with Crippen LogP contribution in [0, 0.1) is 0 Å². The number of rotatable bonds is 9. The van der Waals surface area contributed by atoms with E-state index < -0.39 is 9.28 Å². The Balaban J connectivity index is 2.69. The summed E-state index contributed by atoms with van der Waals surface area (Å²) in [6.07, 6.45) is 13.4. The van der Waals surface area contributed by atoms with Crippen LogP contribution in [0.1, 0.15) is 52.4 Å². The summed E-state index contributed by atoms with van der Waals surface area (Å²) in [6, 6.07) is 0. The Morgan fingerprint density at radius 2 is 2.17 bits per heavy atom. The Morgan fingerprint density at radius 1 is 1.33 bits per heavy atom. The minimum absolute atomic E-state index is 0.236. The molecule has 0 saturated carbocycles. The molecule has 2 atom stereocenters. The Hall–Kier alpha value is -0.383. The van der Waals surface area contributed by atoms with Gasteiger partial charge in [-0.3, -0.25) is 0 Å². The van der Waals surface area contributed by atoms with Crippen molar-refractivity contribution < 1.29 is 8.85 Å². The first-order valence-electron chi connectivity index (χ1n) is 7.28. The van der Waals surface area contributed by atoms with E-state index in [0.29, 0.717) is 0 Å². The maximum absolute atomic E-state index is 6.15. The summed E-state index contributed by atoms with van der Waals surface area (Å²) in [5, 5.41) is 0.236. The molecule has 0 fully saturated rings. The molecule has 104 valence electrons. The van der Waals surface area contributed by atoms with Gasteiger partial charge in [0.1, 0.15) is 0 Å². The summed E-state index contributed by atoms with van der Waals surface area (Å²) in [6.45, 7) is 9.82. The number of hydrogen-bond donors (Lipinski definition) is 0. The van der Waals surface area contributed by atoms with Gasteiger partial charge in [0.15, 0.2) is 0 Å². The fourth-order valence-electron chi connectivity index (χ4n) is 2.58. The van der Waals surface area contributed by atoms with Gasteiger partial charge in [0.05, 0.1) is 0 Å². The summed E-state index contributed by atoms with van der Waals surface area (Å²) in [7, 11) is -1.62. The maximum atomic E-state index is 6.15. The molecule has 0 N–H and O–H groups in total. The molecule has 1 rings (SSSR count). The van der Waals surface area contributed by atoms with Crippen molar-refractivity contribution in [3.63, 3.8) is 0 Å². The quantitative estimate of drug-likeness (QED) is 0.356. The van der Waals surface area contributed by atoms with Gasteiger partial charge in [-0.05, 0) is 39.0 Å². The Kier molecular flexibility index (Phi) is 7.55. The standard InChI is InChI=1S/C15H28O2Si/c1-4-7-14-17-18(16-6-3)15(11-5-2)12-9-8-10-13-15/h5,8-9,18H,2,4,6-7,10-14H2,1,3H3. The fraction of sp³-hybridized carbons (Fsp3) is 0.733. The van der Waals surface area contributed by atoms with E-state index in [0.717, 1.165) is 38.9 Å². The summed E-state index contributed by atoms with van der Waals surface area (Å²) in [5.74, 6) is 0. The van der Waals surface area contributed by atoms with Gasteiger partial charge in [-0.15, -0.1) is 6.58 Å². The molecule has 2 nitrogen and oxygen atoms in total.